The lowest BCUT2D eigenvalue weighted by Gasteiger charge is -2.20. The van der Waals surface area contributed by atoms with Crippen LogP contribution in [-0.4, -0.2) is 37.2 Å². The van der Waals surface area contributed by atoms with Gasteiger partial charge in [-0.25, -0.2) is 0 Å². The average Bonchev–Trinajstić information content (AvgIpc) is 2.37. The van der Waals surface area contributed by atoms with Crippen molar-refractivity contribution in [2.24, 2.45) is 5.73 Å². The highest BCUT2D eigenvalue weighted by atomic mass is 16.5. The van der Waals surface area contributed by atoms with E-state index in [1.807, 2.05) is 6.92 Å². The topological polar surface area (TPSA) is 38.5 Å². The molecule has 3 heteroatoms. The highest BCUT2D eigenvalue weighted by molar-refractivity contribution is 5.41. The summed E-state index contributed by atoms with van der Waals surface area (Å²) in [5.41, 5.74) is 8.31. The fraction of sp³-hybridized carbons (Fsp3) is 0.625. The summed E-state index contributed by atoms with van der Waals surface area (Å²) < 4.78 is 6.01. The third-order valence-electron chi connectivity index (χ3n) is 3.38. The number of ether oxygens (including phenoxy) is 1. The highest BCUT2D eigenvalue weighted by Gasteiger charge is 2.09. The van der Waals surface area contributed by atoms with Crippen LogP contribution in [0.4, 0.5) is 0 Å². The first-order chi connectivity index (χ1) is 9.08. The van der Waals surface area contributed by atoms with Crippen molar-refractivity contribution in [2.75, 3.05) is 26.2 Å². The first kappa shape index (κ1) is 16.0. The van der Waals surface area contributed by atoms with Gasteiger partial charge in [-0.1, -0.05) is 32.0 Å². The van der Waals surface area contributed by atoms with Crippen molar-refractivity contribution in [1.82, 2.24) is 4.90 Å². The quantitative estimate of drug-likeness (QED) is 0.784. The molecule has 0 radical (unpaired) electrons. The SMILES string of the molecule is CCN(CC)CCOc1c(C)cccc1CC(C)N. The van der Waals surface area contributed by atoms with Crippen LogP contribution >= 0.6 is 0 Å². The fourth-order valence-corrected chi connectivity index (χ4v) is 2.24. The Labute approximate surface area is 117 Å². The molecule has 0 amide bonds. The summed E-state index contributed by atoms with van der Waals surface area (Å²) in [5, 5.41) is 0. The molecule has 2 N–H and O–H groups in total. The lowest BCUT2D eigenvalue weighted by Crippen LogP contribution is -2.28. The van der Waals surface area contributed by atoms with Crippen LogP contribution in [0.2, 0.25) is 0 Å². The van der Waals surface area contributed by atoms with Crippen LogP contribution in [0, 0.1) is 6.92 Å². The van der Waals surface area contributed by atoms with Crippen LogP contribution in [0.15, 0.2) is 18.2 Å². The molecule has 1 rings (SSSR count). The maximum atomic E-state index is 6.01. The van der Waals surface area contributed by atoms with E-state index in [1.54, 1.807) is 0 Å². The average molecular weight is 264 g/mol. The Morgan fingerprint density at radius 2 is 1.95 bits per heavy atom. The van der Waals surface area contributed by atoms with E-state index in [4.69, 9.17) is 10.5 Å². The summed E-state index contributed by atoms with van der Waals surface area (Å²) >= 11 is 0. The molecular weight excluding hydrogens is 236 g/mol. The van der Waals surface area contributed by atoms with Gasteiger partial charge in [0, 0.05) is 12.6 Å². The van der Waals surface area contributed by atoms with Gasteiger partial charge in [0.15, 0.2) is 0 Å². The smallest absolute Gasteiger partial charge is 0.125 e. The number of hydrogen-bond acceptors (Lipinski definition) is 3. The Hall–Kier alpha value is -1.06. The molecule has 0 fully saturated rings. The van der Waals surface area contributed by atoms with Crippen molar-refractivity contribution in [3.05, 3.63) is 29.3 Å². The summed E-state index contributed by atoms with van der Waals surface area (Å²) in [4.78, 5) is 2.36. The molecule has 19 heavy (non-hydrogen) atoms. The number of rotatable bonds is 8. The van der Waals surface area contributed by atoms with E-state index in [2.05, 4.69) is 43.9 Å². The van der Waals surface area contributed by atoms with Gasteiger partial charge in [-0.15, -0.1) is 0 Å². The third kappa shape index (κ3) is 5.21. The molecule has 1 atom stereocenters. The Bertz CT molecular complexity index is 373. The molecule has 0 heterocycles. The Balaban J connectivity index is 2.65. The van der Waals surface area contributed by atoms with Crippen molar-refractivity contribution in [3.63, 3.8) is 0 Å². The van der Waals surface area contributed by atoms with Gasteiger partial charge >= 0.3 is 0 Å². The molecule has 0 aromatic heterocycles. The summed E-state index contributed by atoms with van der Waals surface area (Å²) in [7, 11) is 0. The molecule has 0 aliphatic carbocycles. The summed E-state index contributed by atoms with van der Waals surface area (Å²) in [6, 6.07) is 6.44. The molecule has 0 saturated heterocycles. The van der Waals surface area contributed by atoms with E-state index in [-0.39, 0.29) is 6.04 Å². The maximum absolute atomic E-state index is 6.01. The van der Waals surface area contributed by atoms with E-state index < -0.39 is 0 Å². The van der Waals surface area contributed by atoms with Gasteiger partial charge in [-0.2, -0.15) is 0 Å². The zero-order valence-electron chi connectivity index (χ0n) is 12.8. The molecule has 3 nitrogen and oxygen atoms in total. The van der Waals surface area contributed by atoms with E-state index in [9.17, 15) is 0 Å². The summed E-state index contributed by atoms with van der Waals surface area (Å²) in [6.45, 7) is 12.3. The second kappa shape index (κ2) is 8.18. The second-order valence-electron chi connectivity index (χ2n) is 5.12. The minimum absolute atomic E-state index is 0.159. The molecule has 0 bridgehead atoms. The Kier molecular flexibility index (Phi) is 6.89. The molecule has 0 aliphatic heterocycles. The van der Waals surface area contributed by atoms with E-state index in [0.717, 1.165) is 38.4 Å². The first-order valence-corrected chi connectivity index (χ1v) is 7.27. The van der Waals surface area contributed by atoms with E-state index >= 15 is 0 Å². The number of nitrogens with zero attached hydrogens (tertiary/aromatic N) is 1. The van der Waals surface area contributed by atoms with Crippen LogP contribution < -0.4 is 10.5 Å². The monoisotopic (exact) mass is 264 g/mol. The third-order valence-corrected chi connectivity index (χ3v) is 3.38. The van der Waals surface area contributed by atoms with Gasteiger partial charge in [-0.05, 0) is 44.5 Å². The van der Waals surface area contributed by atoms with Crippen molar-refractivity contribution < 1.29 is 4.74 Å². The minimum atomic E-state index is 0.159. The molecule has 108 valence electrons. The highest BCUT2D eigenvalue weighted by Crippen LogP contribution is 2.24. The zero-order chi connectivity index (χ0) is 14.3. The minimum Gasteiger partial charge on any atom is -0.492 e. The normalized spacial score (nSPS) is 12.7. The molecule has 0 spiro atoms. The maximum Gasteiger partial charge on any atom is 0.125 e. The predicted octanol–water partition coefficient (Wildman–Crippen LogP) is 2.61. The van der Waals surface area contributed by atoms with Gasteiger partial charge in [0.2, 0.25) is 0 Å². The molecular formula is C16H28N2O. The fourth-order valence-electron chi connectivity index (χ4n) is 2.24. The number of likely N-dealkylation sites (N-methyl/N-ethyl adjacent to an activating group) is 1. The molecule has 1 aromatic rings. The second-order valence-corrected chi connectivity index (χ2v) is 5.12. The van der Waals surface area contributed by atoms with Crippen LogP contribution in [0.25, 0.3) is 0 Å². The lowest BCUT2D eigenvalue weighted by atomic mass is 10.0. The molecule has 0 saturated carbocycles. The largest absolute Gasteiger partial charge is 0.492 e. The van der Waals surface area contributed by atoms with Gasteiger partial charge in [0.1, 0.15) is 12.4 Å². The summed E-state index contributed by atoms with van der Waals surface area (Å²) in [6.07, 6.45) is 0.863. The van der Waals surface area contributed by atoms with Crippen LogP contribution in [0.1, 0.15) is 31.9 Å². The number of hydrogen-bond donors (Lipinski definition) is 1. The first-order valence-electron chi connectivity index (χ1n) is 7.27. The Morgan fingerprint density at radius 3 is 2.53 bits per heavy atom. The van der Waals surface area contributed by atoms with E-state index in [0.29, 0.717) is 0 Å². The van der Waals surface area contributed by atoms with Crippen molar-refractivity contribution in [2.45, 2.75) is 40.2 Å². The van der Waals surface area contributed by atoms with Gasteiger partial charge < -0.3 is 15.4 Å². The van der Waals surface area contributed by atoms with Crippen LogP contribution in [-0.2, 0) is 6.42 Å². The standard InChI is InChI=1S/C16H28N2O/c1-5-18(6-2)10-11-19-16-13(3)8-7-9-15(16)12-14(4)17/h7-9,14H,5-6,10-12,17H2,1-4H3. The predicted molar refractivity (Wildman–Crippen MR) is 81.8 cm³/mol. The lowest BCUT2D eigenvalue weighted by molar-refractivity contribution is 0.220. The van der Waals surface area contributed by atoms with E-state index in [1.165, 1.54) is 11.1 Å². The Morgan fingerprint density at radius 1 is 1.26 bits per heavy atom. The van der Waals surface area contributed by atoms with Crippen molar-refractivity contribution in [1.29, 1.82) is 0 Å². The number of benzene rings is 1. The number of aryl methyl sites for hydroxylation is 1. The van der Waals surface area contributed by atoms with Gasteiger partial charge in [0.05, 0.1) is 0 Å². The van der Waals surface area contributed by atoms with Crippen LogP contribution in [0.5, 0.6) is 5.75 Å². The van der Waals surface area contributed by atoms with Gasteiger partial charge in [-0.3, -0.25) is 0 Å². The van der Waals surface area contributed by atoms with Gasteiger partial charge in [0.25, 0.3) is 0 Å². The van der Waals surface area contributed by atoms with Crippen molar-refractivity contribution in [3.8, 4) is 5.75 Å². The summed E-state index contributed by atoms with van der Waals surface area (Å²) in [5.74, 6) is 1.02. The zero-order valence-corrected chi connectivity index (χ0v) is 12.8. The number of nitrogens with two attached hydrogens (primary N) is 1. The van der Waals surface area contributed by atoms with Crippen LogP contribution in [0.3, 0.4) is 0 Å². The molecule has 1 unspecified atom stereocenters. The number of para-hydroxylation sites is 1. The van der Waals surface area contributed by atoms with Crippen molar-refractivity contribution >= 4 is 0 Å². The molecule has 1 aromatic carbocycles. The molecule has 0 aliphatic rings.